The van der Waals surface area contributed by atoms with Crippen molar-refractivity contribution in [2.24, 2.45) is 0 Å². The quantitative estimate of drug-likeness (QED) is 0.522. The molecule has 20 heavy (non-hydrogen) atoms. The highest BCUT2D eigenvalue weighted by Gasteiger charge is 2.19. The number of hydrogen-bond donors (Lipinski definition) is 0. The molecular weight excluding hydrogens is 336 g/mol. The summed E-state index contributed by atoms with van der Waals surface area (Å²) in [5.74, 6) is 0.956. The van der Waals surface area contributed by atoms with Gasteiger partial charge in [0.25, 0.3) is 0 Å². The minimum atomic E-state index is -0.193. The van der Waals surface area contributed by atoms with Crippen molar-refractivity contribution >= 4 is 38.3 Å². The predicted molar refractivity (Wildman–Crippen MR) is 87.4 cm³/mol. The standard InChI is InChI=1S/C17H14BrClO/c1-2-16-14(9-10-20-16)17(19)13-7-8-15(18)12-6-4-3-5-11(12)13/h3-10,17H,2H2,1H3. The van der Waals surface area contributed by atoms with Crippen molar-refractivity contribution in [3.05, 3.63) is 70.1 Å². The van der Waals surface area contributed by atoms with E-state index in [-0.39, 0.29) is 5.38 Å². The molecule has 1 aromatic heterocycles. The second-order valence-corrected chi connectivity index (χ2v) is 5.99. The zero-order valence-corrected chi connectivity index (χ0v) is 13.4. The van der Waals surface area contributed by atoms with Crippen LogP contribution in [-0.2, 0) is 6.42 Å². The van der Waals surface area contributed by atoms with Gasteiger partial charge in [-0.05, 0) is 28.5 Å². The Morgan fingerprint density at radius 3 is 2.55 bits per heavy atom. The molecule has 1 atom stereocenters. The zero-order valence-electron chi connectivity index (χ0n) is 11.1. The van der Waals surface area contributed by atoms with Crippen molar-refractivity contribution in [1.29, 1.82) is 0 Å². The van der Waals surface area contributed by atoms with Crippen molar-refractivity contribution in [2.75, 3.05) is 0 Å². The fraction of sp³-hybridized carbons (Fsp3) is 0.176. The van der Waals surface area contributed by atoms with Gasteiger partial charge in [0.1, 0.15) is 5.76 Å². The molecule has 0 N–H and O–H groups in total. The molecule has 0 bridgehead atoms. The Hall–Kier alpha value is -1.25. The second-order valence-electron chi connectivity index (χ2n) is 4.70. The summed E-state index contributed by atoms with van der Waals surface area (Å²) in [7, 11) is 0. The first kappa shape index (κ1) is 13.7. The van der Waals surface area contributed by atoms with E-state index >= 15 is 0 Å². The molecule has 1 unspecified atom stereocenters. The molecule has 0 spiro atoms. The molecular formula is C17H14BrClO. The van der Waals surface area contributed by atoms with Crippen LogP contribution in [0.15, 0.2) is 57.6 Å². The lowest BCUT2D eigenvalue weighted by Gasteiger charge is -2.14. The van der Waals surface area contributed by atoms with Crippen LogP contribution in [0.25, 0.3) is 10.8 Å². The van der Waals surface area contributed by atoms with Gasteiger partial charge in [-0.15, -0.1) is 11.6 Å². The number of fused-ring (bicyclic) bond motifs is 1. The lowest BCUT2D eigenvalue weighted by atomic mass is 9.98. The van der Waals surface area contributed by atoms with E-state index in [1.54, 1.807) is 6.26 Å². The molecule has 3 rings (SSSR count). The Morgan fingerprint density at radius 1 is 1.05 bits per heavy atom. The number of alkyl halides is 1. The monoisotopic (exact) mass is 348 g/mol. The highest BCUT2D eigenvalue weighted by Crippen LogP contribution is 2.38. The molecule has 0 aliphatic carbocycles. The first-order valence-electron chi connectivity index (χ1n) is 6.60. The predicted octanol–water partition coefficient (Wildman–Crippen LogP) is 6.09. The summed E-state index contributed by atoms with van der Waals surface area (Å²) in [6.07, 6.45) is 2.56. The van der Waals surface area contributed by atoms with Crippen LogP contribution < -0.4 is 0 Å². The summed E-state index contributed by atoms with van der Waals surface area (Å²) in [5, 5.41) is 2.16. The van der Waals surface area contributed by atoms with E-state index < -0.39 is 0 Å². The fourth-order valence-electron chi connectivity index (χ4n) is 2.54. The Labute approximate surface area is 131 Å². The fourth-order valence-corrected chi connectivity index (χ4v) is 3.40. The molecule has 3 heteroatoms. The number of benzene rings is 2. The van der Waals surface area contributed by atoms with Crippen molar-refractivity contribution in [3.63, 3.8) is 0 Å². The largest absolute Gasteiger partial charge is 0.469 e. The van der Waals surface area contributed by atoms with Crippen LogP contribution in [0.5, 0.6) is 0 Å². The number of hydrogen-bond acceptors (Lipinski definition) is 1. The molecule has 0 saturated heterocycles. The molecule has 1 heterocycles. The maximum Gasteiger partial charge on any atom is 0.108 e. The Kier molecular flexibility index (Phi) is 3.86. The molecule has 0 aliphatic rings. The third kappa shape index (κ3) is 2.27. The number of halogens is 2. The molecule has 0 fully saturated rings. The number of rotatable bonds is 3. The van der Waals surface area contributed by atoms with Gasteiger partial charge in [0.05, 0.1) is 11.6 Å². The summed E-state index contributed by atoms with van der Waals surface area (Å²) >= 11 is 10.3. The van der Waals surface area contributed by atoms with Crippen molar-refractivity contribution in [3.8, 4) is 0 Å². The van der Waals surface area contributed by atoms with Gasteiger partial charge in [0, 0.05) is 16.5 Å². The second kappa shape index (κ2) is 5.63. The smallest absolute Gasteiger partial charge is 0.108 e. The summed E-state index contributed by atoms with van der Waals surface area (Å²) in [6, 6.07) is 14.4. The number of furan rings is 1. The molecule has 102 valence electrons. The molecule has 0 amide bonds. The zero-order chi connectivity index (χ0) is 14.1. The van der Waals surface area contributed by atoms with Crippen LogP contribution in [0.3, 0.4) is 0 Å². The first-order valence-corrected chi connectivity index (χ1v) is 7.82. The van der Waals surface area contributed by atoms with Crippen LogP contribution in [0.4, 0.5) is 0 Å². The van der Waals surface area contributed by atoms with Gasteiger partial charge in [0.15, 0.2) is 0 Å². The maximum absolute atomic E-state index is 6.71. The van der Waals surface area contributed by atoms with E-state index in [1.807, 2.05) is 18.2 Å². The lowest BCUT2D eigenvalue weighted by molar-refractivity contribution is 0.512. The molecule has 1 nitrogen and oxygen atoms in total. The normalized spacial score (nSPS) is 12.8. The average molecular weight is 350 g/mol. The maximum atomic E-state index is 6.71. The first-order chi connectivity index (χ1) is 9.72. The summed E-state index contributed by atoms with van der Waals surface area (Å²) in [6.45, 7) is 2.08. The van der Waals surface area contributed by atoms with Gasteiger partial charge in [0.2, 0.25) is 0 Å². The van der Waals surface area contributed by atoms with Crippen LogP contribution in [0.2, 0.25) is 0 Å². The van der Waals surface area contributed by atoms with E-state index in [4.69, 9.17) is 16.0 Å². The highest BCUT2D eigenvalue weighted by molar-refractivity contribution is 9.10. The van der Waals surface area contributed by atoms with E-state index in [0.29, 0.717) is 0 Å². The highest BCUT2D eigenvalue weighted by atomic mass is 79.9. The molecule has 0 saturated carbocycles. The van der Waals surface area contributed by atoms with Gasteiger partial charge in [-0.1, -0.05) is 53.2 Å². The van der Waals surface area contributed by atoms with Gasteiger partial charge < -0.3 is 4.42 Å². The topological polar surface area (TPSA) is 13.1 Å². The van der Waals surface area contributed by atoms with Gasteiger partial charge in [-0.2, -0.15) is 0 Å². The molecule has 3 aromatic rings. The Bertz CT molecular complexity index is 748. The summed E-state index contributed by atoms with van der Waals surface area (Å²) in [5.41, 5.74) is 2.17. The molecule has 0 aliphatic heterocycles. The van der Waals surface area contributed by atoms with E-state index in [1.165, 1.54) is 10.8 Å². The SMILES string of the molecule is CCc1occc1C(Cl)c1ccc(Br)c2ccccc12. The third-order valence-electron chi connectivity index (χ3n) is 3.55. The van der Waals surface area contributed by atoms with E-state index in [9.17, 15) is 0 Å². The van der Waals surface area contributed by atoms with Gasteiger partial charge in [-0.25, -0.2) is 0 Å². The minimum Gasteiger partial charge on any atom is -0.469 e. The summed E-state index contributed by atoms with van der Waals surface area (Å²) in [4.78, 5) is 0. The van der Waals surface area contributed by atoms with Crippen molar-refractivity contribution in [2.45, 2.75) is 18.7 Å². The van der Waals surface area contributed by atoms with Gasteiger partial charge in [-0.3, -0.25) is 0 Å². The summed E-state index contributed by atoms with van der Waals surface area (Å²) < 4.78 is 6.59. The molecule has 0 radical (unpaired) electrons. The van der Waals surface area contributed by atoms with E-state index in [0.717, 1.165) is 27.8 Å². The Balaban J connectivity index is 2.17. The van der Waals surface area contributed by atoms with Gasteiger partial charge >= 0.3 is 0 Å². The number of aryl methyl sites for hydroxylation is 1. The third-order valence-corrected chi connectivity index (χ3v) is 4.71. The van der Waals surface area contributed by atoms with Crippen LogP contribution in [0, 0.1) is 0 Å². The van der Waals surface area contributed by atoms with Crippen LogP contribution in [0.1, 0.15) is 29.2 Å². The van der Waals surface area contributed by atoms with E-state index in [2.05, 4.69) is 47.1 Å². The van der Waals surface area contributed by atoms with Crippen LogP contribution in [-0.4, -0.2) is 0 Å². The van der Waals surface area contributed by atoms with Crippen molar-refractivity contribution < 1.29 is 4.42 Å². The van der Waals surface area contributed by atoms with Crippen molar-refractivity contribution in [1.82, 2.24) is 0 Å². The lowest BCUT2D eigenvalue weighted by Crippen LogP contribution is -1.96. The average Bonchev–Trinajstić information content (AvgIpc) is 2.96. The Morgan fingerprint density at radius 2 is 1.80 bits per heavy atom. The molecule has 2 aromatic carbocycles. The minimum absolute atomic E-state index is 0.193. The van der Waals surface area contributed by atoms with Crippen LogP contribution >= 0.6 is 27.5 Å².